The van der Waals surface area contributed by atoms with Gasteiger partial charge in [0.05, 0.1) is 0 Å². The fraction of sp³-hybridized carbons (Fsp3) is 0.200. The second kappa shape index (κ2) is 6.76. The van der Waals surface area contributed by atoms with Crippen molar-refractivity contribution in [3.05, 3.63) is 63.9 Å². The van der Waals surface area contributed by atoms with Gasteiger partial charge in [0.15, 0.2) is 0 Å². The Labute approximate surface area is 129 Å². The first-order chi connectivity index (χ1) is 9.99. The third-order valence-electron chi connectivity index (χ3n) is 2.92. The van der Waals surface area contributed by atoms with E-state index < -0.39 is 23.6 Å². The van der Waals surface area contributed by atoms with Crippen molar-refractivity contribution in [2.75, 3.05) is 0 Å². The van der Waals surface area contributed by atoms with Crippen molar-refractivity contribution in [2.45, 2.75) is 19.4 Å². The number of halogens is 3. The molecule has 2 rings (SSSR count). The summed E-state index contributed by atoms with van der Waals surface area (Å²) in [5.41, 5.74) is 0.198. The fourth-order valence-corrected chi connectivity index (χ4v) is 2.36. The summed E-state index contributed by atoms with van der Waals surface area (Å²) >= 11 is 3.23. The maximum Gasteiger partial charge on any atom is 0.271 e. The quantitative estimate of drug-likeness (QED) is 0.913. The van der Waals surface area contributed by atoms with Gasteiger partial charge in [-0.15, -0.1) is 0 Å². The number of nitrogens with zero attached hydrogens (tertiary/aromatic N) is 1. The minimum atomic E-state index is -0.616. The molecule has 21 heavy (non-hydrogen) atoms. The maximum absolute atomic E-state index is 13.6. The Morgan fingerprint density at radius 3 is 2.57 bits per heavy atom. The summed E-state index contributed by atoms with van der Waals surface area (Å²) < 4.78 is 27.7. The molecule has 0 aliphatic heterocycles. The van der Waals surface area contributed by atoms with E-state index in [-0.39, 0.29) is 17.7 Å². The van der Waals surface area contributed by atoms with Gasteiger partial charge in [-0.05, 0) is 53.5 Å². The minimum Gasteiger partial charge on any atom is -0.348 e. The third-order valence-corrected chi connectivity index (χ3v) is 3.56. The van der Waals surface area contributed by atoms with Gasteiger partial charge in [-0.25, -0.2) is 13.8 Å². The fourth-order valence-electron chi connectivity index (χ4n) is 1.93. The van der Waals surface area contributed by atoms with Crippen LogP contribution < -0.4 is 5.32 Å². The Balaban J connectivity index is 2.07. The van der Waals surface area contributed by atoms with Gasteiger partial charge in [0.25, 0.3) is 5.91 Å². The molecule has 0 saturated heterocycles. The Bertz CT molecular complexity index is 644. The van der Waals surface area contributed by atoms with Crippen LogP contribution in [0.25, 0.3) is 0 Å². The molecule has 3 nitrogen and oxygen atoms in total. The molecule has 2 aromatic rings. The molecule has 1 amide bonds. The zero-order chi connectivity index (χ0) is 15.4. The van der Waals surface area contributed by atoms with E-state index in [0.29, 0.717) is 4.47 Å². The van der Waals surface area contributed by atoms with E-state index in [4.69, 9.17) is 0 Å². The second-order valence-corrected chi connectivity index (χ2v) is 5.47. The first kappa shape index (κ1) is 15.6. The van der Waals surface area contributed by atoms with Crippen LogP contribution in [-0.4, -0.2) is 16.9 Å². The van der Waals surface area contributed by atoms with E-state index in [0.717, 1.165) is 0 Å². The number of pyridine rings is 1. The van der Waals surface area contributed by atoms with Crippen molar-refractivity contribution >= 4 is 21.8 Å². The molecule has 1 N–H and O–H groups in total. The van der Waals surface area contributed by atoms with Gasteiger partial charge in [-0.2, -0.15) is 0 Å². The molecule has 0 spiro atoms. The Morgan fingerprint density at radius 1 is 1.29 bits per heavy atom. The van der Waals surface area contributed by atoms with Gasteiger partial charge in [-0.3, -0.25) is 4.79 Å². The molecule has 0 aliphatic carbocycles. The number of rotatable bonds is 4. The van der Waals surface area contributed by atoms with Crippen molar-refractivity contribution in [2.24, 2.45) is 0 Å². The zero-order valence-corrected chi connectivity index (χ0v) is 12.8. The van der Waals surface area contributed by atoms with Crippen molar-refractivity contribution in [1.82, 2.24) is 10.3 Å². The largest absolute Gasteiger partial charge is 0.348 e. The molecule has 110 valence electrons. The summed E-state index contributed by atoms with van der Waals surface area (Å²) in [6.07, 6.45) is 1.57. The lowest BCUT2D eigenvalue weighted by Crippen LogP contribution is -2.35. The lowest BCUT2D eigenvalue weighted by Gasteiger charge is -2.15. The Morgan fingerprint density at radius 2 is 1.95 bits per heavy atom. The number of hydrogen-bond acceptors (Lipinski definition) is 2. The SMILES string of the molecule is CC(Cc1c(F)cccc1F)NC(=O)c1ncccc1Br. The highest BCUT2D eigenvalue weighted by Crippen LogP contribution is 2.16. The molecule has 1 heterocycles. The number of carbonyl (C=O) groups is 1. The van der Waals surface area contributed by atoms with Crippen LogP contribution in [0.2, 0.25) is 0 Å². The molecular formula is C15H13BrF2N2O. The number of amides is 1. The maximum atomic E-state index is 13.6. The Hall–Kier alpha value is -1.82. The van der Waals surface area contributed by atoms with Gasteiger partial charge in [0, 0.05) is 22.3 Å². The molecule has 1 atom stereocenters. The summed E-state index contributed by atoms with van der Waals surface area (Å²) in [4.78, 5) is 16.0. The van der Waals surface area contributed by atoms with E-state index in [2.05, 4.69) is 26.2 Å². The highest BCUT2D eigenvalue weighted by atomic mass is 79.9. The predicted octanol–water partition coefficient (Wildman–Crippen LogP) is 3.48. The zero-order valence-electron chi connectivity index (χ0n) is 11.2. The molecule has 1 unspecified atom stereocenters. The topological polar surface area (TPSA) is 42.0 Å². The van der Waals surface area contributed by atoms with Crippen molar-refractivity contribution in [1.29, 1.82) is 0 Å². The summed E-state index contributed by atoms with van der Waals surface area (Å²) in [5.74, 6) is -1.63. The first-order valence-corrected chi connectivity index (χ1v) is 7.12. The molecule has 0 bridgehead atoms. The Kier molecular flexibility index (Phi) is 5.01. The van der Waals surface area contributed by atoms with E-state index >= 15 is 0 Å². The van der Waals surface area contributed by atoms with Crippen LogP contribution in [0.5, 0.6) is 0 Å². The summed E-state index contributed by atoms with van der Waals surface area (Å²) in [7, 11) is 0. The van der Waals surface area contributed by atoms with Crippen LogP contribution >= 0.6 is 15.9 Å². The molecule has 6 heteroatoms. The van der Waals surface area contributed by atoms with Crippen LogP contribution in [-0.2, 0) is 6.42 Å². The van der Waals surface area contributed by atoms with Crippen LogP contribution in [0.1, 0.15) is 23.0 Å². The first-order valence-electron chi connectivity index (χ1n) is 6.33. The number of hydrogen-bond donors (Lipinski definition) is 1. The average Bonchev–Trinajstić information content (AvgIpc) is 2.43. The normalized spacial score (nSPS) is 12.0. The molecule has 0 saturated carbocycles. The van der Waals surface area contributed by atoms with Crippen LogP contribution in [0, 0.1) is 11.6 Å². The van der Waals surface area contributed by atoms with Crippen molar-refractivity contribution in [3.63, 3.8) is 0 Å². The van der Waals surface area contributed by atoms with E-state index in [1.54, 1.807) is 19.1 Å². The van der Waals surface area contributed by atoms with Gasteiger partial charge in [-0.1, -0.05) is 6.07 Å². The molecular weight excluding hydrogens is 342 g/mol. The predicted molar refractivity (Wildman–Crippen MR) is 78.9 cm³/mol. The summed E-state index contributed by atoms with van der Waals surface area (Å²) in [5, 5.41) is 2.68. The molecule has 0 radical (unpaired) electrons. The monoisotopic (exact) mass is 354 g/mol. The van der Waals surface area contributed by atoms with Crippen LogP contribution in [0.3, 0.4) is 0 Å². The minimum absolute atomic E-state index is 0.0367. The number of nitrogens with one attached hydrogen (secondary N) is 1. The third kappa shape index (κ3) is 3.85. The lowest BCUT2D eigenvalue weighted by atomic mass is 10.1. The van der Waals surface area contributed by atoms with E-state index in [1.165, 1.54) is 24.4 Å². The highest BCUT2D eigenvalue weighted by molar-refractivity contribution is 9.10. The van der Waals surface area contributed by atoms with E-state index in [9.17, 15) is 13.6 Å². The van der Waals surface area contributed by atoms with Gasteiger partial charge in [0.1, 0.15) is 17.3 Å². The molecule has 1 aromatic carbocycles. The lowest BCUT2D eigenvalue weighted by molar-refractivity contribution is 0.0933. The van der Waals surface area contributed by atoms with Crippen molar-refractivity contribution in [3.8, 4) is 0 Å². The average molecular weight is 355 g/mol. The van der Waals surface area contributed by atoms with Crippen LogP contribution in [0.15, 0.2) is 41.0 Å². The van der Waals surface area contributed by atoms with Gasteiger partial charge in [0.2, 0.25) is 0 Å². The molecule has 1 aromatic heterocycles. The number of benzene rings is 1. The molecule has 0 aliphatic rings. The summed E-state index contributed by atoms with van der Waals surface area (Å²) in [6, 6.07) is 6.66. The van der Waals surface area contributed by atoms with Crippen molar-refractivity contribution < 1.29 is 13.6 Å². The number of aromatic nitrogens is 1. The van der Waals surface area contributed by atoms with E-state index in [1.807, 2.05) is 0 Å². The van der Waals surface area contributed by atoms with Gasteiger partial charge >= 0.3 is 0 Å². The standard InChI is InChI=1S/C15H13BrF2N2O/c1-9(8-10-12(17)5-2-6-13(10)18)20-15(21)14-11(16)4-3-7-19-14/h2-7,9H,8H2,1H3,(H,20,21). The number of carbonyl (C=O) groups excluding carboxylic acids is 1. The van der Waals surface area contributed by atoms with Crippen LogP contribution in [0.4, 0.5) is 8.78 Å². The molecule has 0 fully saturated rings. The summed E-state index contributed by atoms with van der Waals surface area (Å²) in [6.45, 7) is 1.68. The van der Waals surface area contributed by atoms with Gasteiger partial charge < -0.3 is 5.32 Å². The highest BCUT2D eigenvalue weighted by Gasteiger charge is 2.17. The second-order valence-electron chi connectivity index (χ2n) is 4.61. The smallest absolute Gasteiger partial charge is 0.271 e.